The molecule has 1 aliphatic heterocycles. The number of halogens is 1. The van der Waals surface area contributed by atoms with Crippen LogP contribution in [0.5, 0.6) is 5.75 Å². The summed E-state index contributed by atoms with van der Waals surface area (Å²) in [4.78, 5) is 4.54. The van der Waals surface area contributed by atoms with E-state index in [1.54, 1.807) is 12.1 Å². The Balaban J connectivity index is 1.64. The van der Waals surface area contributed by atoms with Crippen molar-refractivity contribution in [3.8, 4) is 5.75 Å². The van der Waals surface area contributed by atoms with Gasteiger partial charge in [-0.15, -0.1) is 0 Å². The number of imidazole rings is 1. The van der Waals surface area contributed by atoms with E-state index < -0.39 is 15.8 Å². The molecule has 8 heteroatoms. The second-order valence-corrected chi connectivity index (χ2v) is 8.16. The first-order chi connectivity index (χ1) is 11.9. The van der Waals surface area contributed by atoms with E-state index >= 15 is 0 Å². The molecule has 6 nitrogen and oxygen atoms in total. The summed E-state index contributed by atoms with van der Waals surface area (Å²) in [6.07, 6.45) is 6.24. The van der Waals surface area contributed by atoms with Crippen molar-refractivity contribution in [2.45, 2.75) is 32.4 Å². The van der Waals surface area contributed by atoms with E-state index in [1.807, 2.05) is 6.20 Å². The first-order valence-corrected chi connectivity index (χ1v) is 10.2. The molecule has 0 unspecified atom stereocenters. The van der Waals surface area contributed by atoms with Crippen molar-refractivity contribution < 1.29 is 17.5 Å². The molecule has 1 aliphatic rings. The average Bonchev–Trinajstić information content (AvgIpc) is 2.97. The monoisotopic (exact) mass is 367 g/mol. The van der Waals surface area contributed by atoms with Gasteiger partial charge in [0.1, 0.15) is 12.4 Å². The molecule has 2 aromatic rings. The molecule has 1 aromatic heterocycles. The van der Waals surface area contributed by atoms with Crippen molar-refractivity contribution >= 4 is 10.0 Å². The second kappa shape index (κ2) is 7.53. The van der Waals surface area contributed by atoms with Crippen molar-refractivity contribution in [2.24, 2.45) is 0 Å². The Labute approximate surface area is 147 Å². The smallest absolute Gasteiger partial charge is 0.211 e. The highest BCUT2D eigenvalue weighted by Crippen LogP contribution is 2.18. The summed E-state index contributed by atoms with van der Waals surface area (Å²) in [5, 5.41) is 0. The largest absolute Gasteiger partial charge is 0.489 e. The number of hydrogen-bond acceptors (Lipinski definition) is 4. The summed E-state index contributed by atoms with van der Waals surface area (Å²) >= 11 is 0. The third kappa shape index (κ3) is 4.58. The van der Waals surface area contributed by atoms with Gasteiger partial charge in [-0.05, 0) is 25.0 Å². The number of hydrogen-bond donors (Lipinski definition) is 0. The lowest BCUT2D eigenvalue weighted by atomic mass is 10.2. The maximum Gasteiger partial charge on any atom is 0.211 e. The third-order valence-electron chi connectivity index (χ3n) is 4.20. The Morgan fingerprint density at radius 1 is 1.32 bits per heavy atom. The number of aryl methyl sites for hydroxylation is 2. The Kier molecular flexibility index (Phi) is 5.39. The predicted molar refractivity (Wildman–Crippen MR) is 92.3 cm³/mol. The number of para-hydroxylation sites is 1. The molecular weight excluding hydrogens is 345 g/mol. The van der Waals surface area contributed by atoms with Gasteiger partial charge in [-0.2, -0.15) is 4.31 Å². The van der Waals surface area contributed by atoms with Crippen LogP contribution in [-0.4, -0.2) is 41.7 Å². The van der Waals surface area contributed by atoms with Gasteiger partial charge < -0.3 is 9.30 Å². The molecule has 0 fully saturated rings. The van der Waals surface area contributed by atoms with E-state index in [0.29, 0.717) is 0 Å². The summed E-state index contributed by atoms with van der Waals surface area (Å²) in [5.41, 5.74) is 0.730. The molecule has 3 rings (SSSR count). The van der Waals surface area contributed by atoms with Crippen molar-refractivity contribution in [2.75, 3.05) is 19.4 Å². The fourth-order valence-corrected chi connectivity index (χ4v) is 3.68. The fourth-order valence-electron chi connectivity index (χ4n) is 2.91. The lowest BCUT2D eigenvalue weighted by molar-refractivity contribution is 0.260. The van der Waals surface area contributed by atoms with Crippen molar-refractivity contribution in [3.63, 3.8) is 0 Å². The van der Waals surface area contributed by atoms with Crippen molar-refractivity contribution in [1.82, 2.24) is 13.9 Å². The quantitative estimate of drug-likeness (QED) is 0.753. The van der Waals surface area contributed by atoms with Gasteiger partial charge in [0, 0.05) is 25.7 Å². The molecule has 0 aliphatic carbocycles. The van der Waals surface area contributed by atoms with Crippen LogP contribution < -0.4 is 4.74 Å². The van der Waals surface area contributed by atoms with Gasteiger partial charge in [0.2, 0.25) is 10.0 Å². The van der Waals surface area contributed by atoms with E-state index in [0.717, 1.165) is 43.6 Å². The minimum Gasteiger partial charge on any atom is -0.489 e. The van der Waals surface area contributed by atoms with Gasteiger partial charge >= 0.3 is 0 Å². The molecule has 2 heterocycles. The zero-order valence-electron chi connectivity index (χ0n) is 14.2. The predicted octanol–water partition coefficient (Wildman–Crippen LogP) is 2.20. The number of nitrogens with zero attached hydrogens (tertiary/aromatic N) is 3. The fraction of sp³-hybridized carbons (Fsp3) is 0.471. The maximum atomic E-state index is 13.6. The molecule has 0 bridgehead atoms. The Bertz CT molecular complexity index is 812. The highest BCUT2D eigenvalue weighted by Gasteiger charge is 2.20. The van der Waals surface area contributed by atoms with Crippen LogP contribution >= 0.6 is 0 Å². The van der Waals surface area contributed by atoms with Crippen LogP contribution in [0.25, 0.3) is 0 Å². The zero-order chi connectivity index (χ0) is 17.9. The standard InChI is InChI=1S/C17H22FN3O3S/c1-25(22,23)21(10-11-24-16-7-3-2-6-15(16)18)13-14-12-20-9-5-4-8-17(20)19-14/h2-3,6-7,12H,4-5,8-11,13H2,1H3. The lowest BCUT2D eigenvalue weighted by Crippen LogP contribution is -2.33. The van der Waals surface area contributed by atoms with Gasteiger partial charge in [-0.1, -0.05) is 12.1 Å². The van der Waals surface area contributed by atoms with Gasteiger partial charge in [0.15, 0.2) is 11.6 Å². The number of benzene rings is 1. The van der Waals surface area contributed by atoms with Crippen LogP contribution in [0, 0.1) is 5.82 Å². The number of rotatable bonds is 7. The first-order valence-electron chi connectivity index (χ1n) is 8.31. The molecule has 1 aromatic carbocycles. The highest BCUT2D eigenvalue weighted by atomic mass is 32.2. The van der Waals surface area contributed by atoms with E-state index in [9.17, 15) is 12.8 Å². The summed E-state index contributed by atoms with van der Waals surface area (Å²) in [7, 11) is -3.42. The molecule has 0 spiro atoms. The summed E-state index contributed by atoms with van der Waals surface area (Å²) < 4.78 is 46.4. The van der Waals surface area contributed by atoms with Crippen LogP contribution in [0.3, 0.4) is 0 Å². The van der Waals surface area contributed by atoms with Crippen LogP contribution in [0.4, 0.5) is 4.39 Å². The summed E-state index contributed by atoms with van der Waals surface area (Å²) in [6.45, 7) is 1.33. The SMILES string of the molecule is CS(=O)(=O)N(CCOc1ccccc1F)Cc1cn2c(n1)CCCC2. The van der Waals surface area contributed by atoms with Crippen LogP contribution in [-0.2, 0) is 29.5 Å². The Hall–Kier alpha value is -1.93. The van der Waals surface area contributed by atoms with E-state index in [2.05, 4.69) is 9.55 Å². The van der Waals surface area contributed by atoms with E-state index in [1.165, 1.54) is 16.4 Å². The summed E-state index contributed by atoms with van der Waals surface area (Å²) in [6, 6.07) is 6.07. The number of fused-ring (bicyclic) bond motifs is 1. The van der Waals surface area contributed by atoms with Gasteiger partial charge in [-0.25, -0.2) is 17.8 Å². The number of aromatic nitrogens is 2. The molecule has 25 heavy (non-hydrogen) atoms. The molecular formula is C17H22FN3O3S. The van der Waals surface area contributed by atoms with Gasteiger partial charge in [-0.3, -0.25) is 0 Å². The molecule has 0 radical (unpaired) electrons. The highest BCUT2D eigenvalue weighted by molar-refractivity contribution is 7.88. The maximum absolute atomic E-state index is 13.6. The Morgan fingerprint density at radius 2 is 2.12 bits per heavy atom. The molecule has 0 saturated carbocycles. The topological polar surface area (TPSA) is 64.4 Å². The average molecular weight is 367 g/mol. The van der Waals surface area contributed by atoms with Gasteiger partial charge in [0.25, 0.3) is 0 Å². The molecule has 0 amide bonds. The van der Waals surface area contributed by atoms with Crippen LogP contribution in [0.15, 0.2) is 30.5 Å². The van der Waals surface area contributed by atoms with Crippen LogP contribution in [0.1, 0.15) is 24.4 Å². The molecule has 0 saturated heterocycles. The number of ether oxygens (including phenoxy) is 1. The van der Waals surface area contributed by atoms with Crippen molar-refractivity contribution in [1.29, 1.82) is 0 Å². The van der Waals surface area contributed by atoms with E-state index in [-0.39, 0.29) is 25.4 Å². The Morgan fingerprint density at radius 3 is 2.84 bits per heavy atom. The minimum absolute atomic E-state index is 0.0710. The zero-order valence-corrected chi connectivity index (χ0v) is 15.0. The van der Waals surface area contributed by atoms with Crippen LogP contribution in [0.2, 0.25) is 0 Å². The molecule has 0 atom stereocenters. The lowest BCUT2D eigenvalue weighted by Gasteiger charge is -2.19. The normalized spacial score (nSPS) is 14.5. The summed E-state index contributed by atoms with van der Waals surface area (Å²) in [5.74, 6) is 0.667. The number of sulfonamides is 1. The third-order valence-corrected chi connectivity index (χ3v) is 5.45. The molecule has 136 valence electrons. The first kappa shape index (κ1) is 17.9. The van der Waals surface area contributed by atoms with E-state index in [4.69, 9.17) is 4.74 Å². The van der Waals surface area contributed by atoms with Gasteiger partial charge in [0.05, 0.1) is 18.5 Å². The van der Waals surface area contributed by atoms with Crippen molar-refractivity contribution in [3.05, 3.63) is 47.8 Å². The minimum atomic E-state index is -3.42. The molecule has 0 N–H and O–H groups in total. The second-order valence-electron chi connectivity index (χ2n) is 6.17.